The van der Waals surface area contributed by atoms with Gasteiger partial charge in [-0.05, 0) is 48.0 Å². The molecule has 6 heteroatoms. The van der Waals surface area contributed by atoms with Gasteiger partial charge < -0.3 is 14.5 Å². The third-order valence-electron chi connectivity index (χ3n) is 5.50. The summed E-state index contributed by atoms with van der Waals surface area (Å²) in [7, 11) is 0. The largest absolute Gasteiger partial charge is 0.489 e. The maximum absolute atomic E-state index is 12.8. The fourth-order valence-corrected chi connectivity index (χ4v) is 4.01. The summed E-state index contributed by atoms with van der Waals surface area (Å²) in [6, 6.07) is 30.8. The summed E-state index contributed by atoms with van der Waals surface area (Å²) >= 11 is 6.49. The third-order valence-corrected chi connectivity index (χ3v) is 5.82. The lowest BCUT2D eigenvalue weighted by molar-refractivity contribution is 0.102. The quantitative estimate of drug-likeness (QED) is 0.266. The van der Waals surface area contributed by atoms with E-state index in [0.717, 1.165) is 10.9 Å². The van der Waals surface area contributed by atoms with Crippen molar-refractivity contribution < 1.29 is 13.9 Å². The maximum Gasteiger partial charge on any atom is 0.344 e. The van der Waals surface area contributed by atoms with E-state index in [1.165, 1.54) is 0 Å². The minimum absolute atomic E-state index is 0.302. The Kier molecular flexibility index (Phi) is 6.33. The fourth-order valence-electron chi connectivity index (χ4n) is 3.73. The van der Waals surface area contributed by atoms with Gasteiger partial charge in [0.2, 0.25) is 0 Å². The monoisotopic (exact) mass is 481 g/mol. The Morgan fingerprint density at radius 2 is 1.63 bits per heavy atom. The van der Waals surface area contributed by atoms with Crippen LogP contribution >= 0.6 is 11.6 Å². The predicted octanol–water partition coefficient (Wildman–Crippen LogP) is 6.94. The van der Waals surface area contributed by atoms with Crippen LogP contribution in [0, 0.1) is 0 Å². The van der Waals surface area contributed by atoms with E-state index in [4.69, 9.17) is 20.8 Å². The van der Waals surface area contributed by atoms with Crippen LogP contribution in [0.25, 0.3) is 22.1 Å². The average molecular weight is 482 g/mol. The minimum Gasteiger partial charge on any atom is -0.489 e. The number of ether oxygens (including phenoxy) is 1. The van der Waals surface area contributed by atoms with E-state index in [1.807, 2.05) is 42.5 Å². The number of hydrogen-bond donors (Lipinski definition) is 1. The van der Waals surface area contributed by atoms with Crippen LogP contribution in [0.2, 0.25) is 5.02 Å². The standard InChI is InChI=1S/C29H20ClNO4/c30-26-17-22(13-14-24(26)25-16-20-9-4-5-12-27(20)35-29(25)33)31-28(32)21-10-6-11-23(15-21)34-18-19-7-2-1-3-8-19/h1-17H,18H2,(H,31,32). The smallest absolute Gasteiger partial charge is 0.344 e. The van der Waals surface area contributed by atoms with Crippen LogP contribution in [-0.4, -0.2) is 5.91 Å². The van der Waals surface area contributed by atoms with Crippen LogP contribution in [0.3, 0.4) is 0 Å². The number of para-hydroxylation sites is 1. The number of carbonyl (C=O) groups is 1. The topological polar surface area (TPSA) is 68.5 Å². The summed E-state index contributed by atoms with van der Waals surface area (Å²) in [6.07, 6.45) is 0. The average Bonchev–Trinajstić information content (AvgIpc) is 2.88. The number of anilines is 1. The summed E-state index contributed by atoms with van der Waals surface area (Å²) in [5.74, 6) is 0.294. The third kappa shape index (κ3) is 5.10. The van der Waals surface area contributed by atoms with Gasteiger partial charge in [0.25, 0.3) is 5.91 Å². The van der Waals surface area contributed by atoms with Gasteiger partial charge in [-0.15, -0.1) is 0 Å². The summed E-state index contributed by atoms with van der Waals surface area (Å²) in [5.41, 5.74) is 2.91. The highest BCUT2D eigenvalue weighted by Crippen LogP contribution is 2.30. The van der Waals surface area contributed by atoms with Crippen molar-refractivity contribution in [3.05, 3.63) is 130 Å². The molecule has 5 nitrogen and oxygen atoms in total. The Bertz CT molecular complexity index is 1580. The molecule has 0 spiro atoms. The van der Waals surface area contributed by atoms with Gasteiger partial charge in [-0.1, -0.05) is 72.3 Å². The molecule has 5 aromatic rings. The molecule has 0 aliphatic rings. The predicted molar refractivity (Wildman–Crippen MR) is 138 cm³/mol. The molecule has 35 heavy (non-hydrogen) atoms. The van der Waals surface area contributed by atoms with Crippen molar-refractivity contribution in [3.63, 3.8) is 0 Å². The molecule has 0 atom stereocenters. The van der Waals surface area contributed by atoms with Crippen molar-refractivity contribution in [2.75, 3.05) is 5.32 Å². The first-order valence-corrected chi connectivity index (χ1v) is 11.4. The molecule has 4 aromatic carbocycles. The molecule has 1 heterocycles. The lowest BCUT2D eigenvalue weighted by Gasteiger charge is -2.10. The Hall–Kier alpha value is -4.35. The highest BCUT2D eigenvalue weighted by atomic mass is 35.5. The second-order valence-electron chi connectivity index (χ2n) is 7.94. The molecule has 0 radical (unpaired) electrons. The highest BCUT2D eigenvalue weighted by molar-refractivity contribution is 6.33. The first-order chi connectivity index (χ1) is 17.1. The van der Waals surface area contributed by atoms with Gasteiger partial charge in [0.15, 0.2) is 0 Å². The fraction of sp³-hybridized carbons (Fsp3) is 0.0345. The lowest BCUT2D eigenvalue weighted by Crippen LogP contribution is -2.12. The molecule has 0 unspecified atom stereocenters. The highest BCUT2D eigenvalue weighted by Gasteiger charge is 2.13. The number of fused-ring (bicyclic) bond motifs is 1. The molecule has 0 aliphatic heterocycles. The molecule has 1 N–H and O–H groups in total. The Labute approximate surface area is 206 Å². The first-order valence-electron chi connectivity index (χ1n) is 11.0. The van der Waals surface area contributed by atoms with E-state index in [2.05, 4.69) is 5.32 Å². The van der Waals surface area contributed by atoms with Crippen LogP contribution < -0.4 is 15.7 Å². The van der Waals surface area contributed by atoms with Crippen molar-refractivity contribution in [2.24, 2.45) is 0 Å². The van der Waals surface area contributed by atoms with Crippen molar-refractivity contribution in [1.82, 2.24) is 0 Å². The zero-order chi connectivity index (χ0) is 24.2. The van der Waals surface area contributed by atoms with Crippen LogP contribution in [0.5, 0.6) is 5.75 Å². The van der Waals surface area contributed by atoms with Gasteiger partial charge in [0.1, 0.15) is 17.9 Å². The van der Waals surface area contributed by atoms with Crippen molar-refractivity contribution in [3.8, 4) is 16.9 Å². The molecule has 0 saturated heterocycles. The van der Waals surface area contributed by atoms with E-state index < -0.39 is 5.63 Å². The summed E-state index contributed by atoms with van der Waals surface area (Å²) < 4.78 is 11.2. The first kappa shape index (κ1) is 22.4. The second kappa shape index (κ2) is 9.87. The van der Waals surface area contributed by atoms with E-state index in [9.17, 15) is 9.59 Å². The Morgan fingerprint density at radius 3 is 2.46 bits per heavy atom. The van der Waals surface area contributed by atoms with Gasteiger partial charge in [-0.3, -0.25) is 4.79 Å². The van der Waals surface area contributed by atoms with Gasteiger partial charge in [0.05, 0.1) is 10.6 Å². The van der Waals surface area contributed by atoms with E-state index >= 15 is 0 Å². The lowest BCUT2D eigenvalue weighted by atomic mass is 10.1. The van der Waals surface area contributed by atoms with E-state index in [1.54, 1.807) is 60.7 Å². The molecule has 5 rings (SSSR count). The molecule has 0 saturated carbocycles. The van der Waals surface area contributed by atoms with Crippen molar-refractivity contribution in [2.45, 2.75) is 6.61 Å². The van der Waals surface area contributed by atoms with Crippen LogP contribution in [0.15, 0.2) is 112 Å². The summed E-state index contributed by atoms with van der Waals surface area (Å²) in [6.45, 7) is 0.408. The van der Waals surface area contributed by atoms with Gasteiger partial charge in [-0.2, -0.15) is 0 Å². The van der Waals surface area contributed by atoms with Crippen LogP contribution in [0.4, 0.5) is 5.69 Å². The van der Waals surface area contributed by atoms with E-state index in [-0.39, 0.29) is 5.91 Å². The Balaban J connectivity index is 1.32. The molecule has 1 amide bonds. The summed E-state index contributed by atoms with van der Waals surface area (Å²) in [5, 5.41) is 3.96. The molecule has 0 bridgehead atoms. The molecule has 1 aromatic heterocycles. The maximum atomic E-state index is 12.8. The van der Waals surface area contributed by atoms with Crippen LogP contribution in [0.1, 0.15) is 15.9 Å². The van der Waals surface area contributed by atoms with Crippen LogP contribution in [-0.2, 0) is 6.61 Å². The number of carbonyl (C=O) groups excluding carboxylic acids is 1. The number of benzene rings is 4. The Morgan fingerprint density at radius 1 is 0.829 bits per heavy atom. The van der Waals surface area contributed by atoms with Gasteiger partial charge >= 0.3 is 5.63 Å². The normalized spacial score (nSPS) is 10.8. The number of amides is 1. The molecular formula is C29H20ClNO4. The van der Waals surface area contributed by atoms with E-state index in [0.29, 0.717) is 45.3 Å². The number of nitrogens with one attached hydrogen (secondary N) is 1. The second-order valence-corrected chi connectivity index (χ2v) is 8.34. The SMILES string of the molecule is O=C(Nc1ccc(-c2cc3ccccc3oc2=O)c(Cl)c1)c1cccc(OCc2ccccc2)c1. The van der Waals surface area contributed by atoms with Gasteiger partial charge in [0, 0.05) is 22.2 Å². The molecule has 172 valence electrons. The number of hydrogen-bond acceptors (Lipinski definition) is 4. The van der Waals surface area contributed by atoms with Crippen molar-refractivity contribution >= 4 is 34.2 Å². The minimum atomic E-state index is -0.477. The van der Waals surface area contributed by atoms with Crippen molar-refractivity contribution in [1.29, 1.82) is 0 Å². The molecular weight excluding hydrogens is 462 g/mol. The number of halogens is 1. The molecule has 0 fully saturated rings. The molecule has 0 aliphatic carbocycles. The summed E-state index contributed by atoms with van der Waals surface area (Å²) in [4.78, 5) is 25.3. The van der Waals surface area contributed by atoms with Gasteiger partial charge in [-0.25, -0.2) is 4.79 Å². The zero-order valence-corrected chi connectivity index (χ0v) is 19.3. The zero-order valence-electron chi connectivity index (χ0n) is 18.5. The number of rotatable bonds is 6.